The third-order valence-corrected chi connectivity index (χ3v) is 10.8. The Kier molecular flexibility index (Phi) is 9.39. The smallest absolute Gasteiger partial charge is 0.126 e. The summed E-state index contributed by atoms with van der Waals surface area (Å²) in [6.45, 7) is 17.9. The monoisotopic (exact) mass is 700 g/mol. The Balaban J connectivity index is 1.39. The summed E-state index contributed by atoms with van der Waals surface area (Å²) in [4.78, 5) is 10.5. The van der Waals surface area contributed by atoms with Crippen molar-refractivity contribution in [2.24, 2.45) is 10.9 Å². The van der Waals surface area contributed by atoms with E-state index in [2.05, 4.69) is 152 Å². The number of hydrogen-bond acceptors (Lipinski definition) is 4. The third-order valence-electron chi connectivity index (χ3n) is 9.80. The Morgan fingerprint density at radius 1 is 0.692 bits per heavy atom. The van der Waals surface area contributed by atoms with Crippen LogP contribution in [0.3, 0.4) is 0 Å². The molecule has 7 rings (SSSR count). The van der Waals surface area contributed by atoms with Crippen molar-refractivity contribution in [3.05, 3.63) is 138 Å². The van der Waals surface area contributed by atoms with Crippen molar-refractivity contribution in [2.75, 3.05) is 0 Å². The number of hydrogen-bond donors (Lipinski definition) is 1. The minimum absolute atomic E-state index is 0.0438. The number of benzene rings is 6. The van der Waals surface area contributed by atoms with Crippen molar-refractivity contribution < 1.29 is 5.11 Å². The van der Waals surface area contributed by atoms with Crippen molar-refractivity contribution in [2.45, 2.75) is 72.6 Å². The van der Waals surface area contributed by atoms with E-state index in [1.807, 2.05) is 12.1 Å². The van der Waals surface area contributed by atoms with Crippen LogP contribution in [0.4, 0.5) is 5.69 Å². The first kappa shape index (κ1) is 35.3. The quantitative estimate of drug-likeness (QED) is 0.168. The third kappa shape index (κ3) is 7.31. The van der Waals surface area contributed by atoms with Crippen LogP contribution in [0.25, 0.3) is 53.8 Å². The lowest BCUT2D eigenvalue weighted by Crippen LogP contribution is -2.11. The fraction of sp³-hybridized carbons (Fsp3) is 0.250. The molecule has 0 saturated carbocycles. The molecule has 0 radical (unpaired) electrons. The summed E-state index contributed by atoms with van der Waals surface area (Å²) < 4.78 is 1.15. The lowest BCUT2D eigenvalue weighted by atomic mass is 9.85. The number of rotatable bonds is 7. The fourth-order valence-corrected chi connectivity index (χ4v) is 7.90. The van der Waals surface area contributed by atoms with Gasteiger partial charge in [-0.05, 0) is 98.3 Å². The summed E-state index contributed by atoms with van der Waals surface area (Å²) in [5.74, 6) is 0.821. The highest BCUT2D eigenvalue weighted by atomic mass is 32.1. The molecule has 262 valence electrons. The first-order chi connectivity index (χ1) is 24.7. The molecule has 3 nitrogen and oxygen atoms in total. The van der Waals surface area contributed by atoms with Crippen LogP contribution in [0.2, 0.25) is 0 Å². The van der Waals surface area contributed by atoms with Gasteiger partial charge in [-0.2, -0.15) is 0 Å². The molecule has 0 unspecified atom stereocenters. The molecule has 0 aliphatic carbocycles. The predicted molar refractivity (Wildman–Crippen MR) is 225 cm³/mol. The molecule has 1 N–H and O–H groups in total. The van der Waals surface area contributed by atoms with Gasteiger partial charge in [0.1, 0.15) is 10.8 Å². The molecule has 0 aliphatic rings. The lowest BCUT2D eigenvalue weighted by Gasteiger charge is -2.20. The van der Waals surface area contributed by atoms with Crippen LogP contribution in [-0.4, -0.2) is 16.3 Å². The minimum Gasteiger partial charge on any atom is -0.507 e. The summed E-state index contributed by atoms with van der Waals surface area (Å²) in [7, 11) is 0. The van der Waals surface area contributed by atoms with Gasteiger partial charge in [0.2, 0.25) is 0 Å². The van der Waals surface area contributed by atoms with Crippen LogP contribution >= 0.6 is 11.3 Å². The number of aromatic hydroxyl groups is 1. The highest BCUT2D eigenvalue weighted by Gasteiger charge is 2.22. The number of thiazole rings is 1. The van der Waals surface area contributed by atoms with Crippen LogP contribution in [-0.2, 0) is 17.3 Å². The molecule has 0 amide bonds. The first-order valence-electron chi connectivity index (χ1n) is 18.3. The van der Waals surface area contributed by atoms with Crippen molar-refractivity contribution in [3.8, 4) is 38.6 Å². The van der Waals surface area contributed by atoms with E-state index in [0.717, 1.165) is 60.4 Å². The van der Waals surface area contributed by atoms with Gasteiger partial charge < -0.3 is 5.11 Å². The van der Waals surface area contributed by atoms with Crippen LogP contribution in [0, 0.1) is 5.92 Å². The number of fused-ring (bicyclic) bond motifs is 2. The molecule has 0 spiro atoms. The van der Waals surface area contributed by atoms with Gasteiger partial charge in [0.05, 0.1) is 15.9 Å². The standard InChI is InChI=1S/C48H48N2OS/c1-30(2)23-31-13-11-15-33(24-31)34-16-12-17-35(25-34)41-27-38(48(6,7)8)28-43-45(41)50-46(52-43)40-21-19-32-14-9-10-18-39(32)44(40)49-29-36-26-37(47(3,4)5)20-22-42(36)51/h9-22,24-30,51H,23H2,1-8H3. The van der Waals surface area contributed by atoms with E-state index < -0.39 is 0 Å². The van der Waals surface area contributed by atoms with Gasteiger partial charge >= 0.3 is 0 Å². The second-order valence-corrected chi connectivity index (χ2v) is 17.5. The van der Waals surface area contributed by atoms with Crippen LogP contribution in [0.1, 0.15) is 77.6 Å². The second kappa shape index (κ2) is 13.8. The molecular weight excluding hydrogens is 653 g/mol. The molecular formula is C48H48N2OS. The zero-order valence-electron chi connectivity index (χ0n) is 31.6. The van der Waals surface area contributed by atoms with Crippen LogP contribution in [0.5, 0.6) is 5.75 Å². The van der Waals surface area contributed by atoms with Crippen molar-refractivity contribution >= 4 is 44.2 Å². The topological polar surface area (TPSA) is 45.5 Å². The number of nitrogens with zero attached hydrogens (tertiary/aromatic N) is 2. The van der Waals surface area contributed by atoms with Crippen molar-refractivity contribution in [1.29, 1.82) is 0 Å². The number of phenolic OH excluding ortho intramolecular Hbond substituents is 1. The second-order valence-electron chi connectivity index (χ2n) is 16.5. The van der Waals surface area contributed by atoms with Crippen molar-refractivity contribution in [3.63, 3.8) is 0 Å². The van der Waals surface area contributed by atoms with E-state index in [1.54, 1.807) is 23.6 Å². The maximum Gasteiger partial charge on any atom is 0.126 e. The van der Waals surface area contributed by atoms with Crippen molar-refractivity contribution in [1.82, 2.24) is 4.98 Å². The average molecular weight is 701 g/mol. The van der Waals surface area contributed by atoms with Gasteiger partial charge in [-0.25, -0.2) is 4.98 Å². The number of phenols is 1. The van der Waals surface area contributed by atoms with Crippen LogP contribution in [0.15, 0.2) is 120 Å². The van der Waals surface area contributed by atoms with E-state index in [9.17, 15) is 5.11 Å². The summed E-state index contributed by atoms with van der Waals surface area (Å²) in [5.41, 5.74) is 11.9. The summed E-state index contributed by atoms with van der Waals surface area (Å²) >= 11 is 1.72. The van der Waals surface area contributed by atoms with E-state index >= 15 is 0 Å². The van der Waals surface area contributed by atoms with Gasteiger partial charge in [-0.1, -0.05) is 134 Å². The molecule has 0 fully saturated rings. The van der Waals surface area contributed by atoms with Crippen LogP contribution < -0.4 is 0 Å². The lowest BCUT2D eigenvalue weighted by molar-refractivity contribution is 0.473. The predicted octanol–water partition coefficient (Wildman–Crippen LogP) is 13.7. The van der Waals surface area contributed by atoms with Gasteiger partial charge in [0, 0.05) is 28.3 Å². The molecule has 0 aliphatic heterocycles. The molecule has 6 aromatic carbocycles. The fourth-order valence-electron chi connectivity index (χ4n) is 6.84. The van der Waals surface area contributed by atoms with Gasteiger partial charge in [0.25, 0.3) is 0 Å². The highest BCUT2D eigenvalue weighted by molar-refractivity contribution is 7.21. The van der Waals surface area contributed by atoms with E-state index in [1.165, 1.54) is 22.3 Å². The minimum atomic E-state index is -0.0528. The summed E-state index contributed by atoms with van der Waals surface area (Å²) in [5, 5.41) is 13.9. The molecule has 4 heteroatoms. The van der Waals surface area contributed by atoms with Gasteiger partial charge in [-0.15, -0.1) is 11.3 Å². The Bertz CT molecular complexity index is 2450. The van der Waals surface area contributed by atoms with E-state index in [0.29, 0.717) is 11.5 Å². The maximum atomic E-state index is 10.8. The Morgan fingerprint density at radius 3 is 2.15 bits per heavy atom. The summed E-state index contributed by atoms with van der Waals surface area (Å²) in [6.07, 6.45) is 2.86. The van der Waals surface area contributed by atoms with E-state index in [-0.39, 0.29) is 16.6 Å². The van der Waals surface area contributed by atoms with Gasteiger partial charge in [0.15, 0.2) is 0 Å². The zero-order chi connectivity index (χ0) is 36.8. The molecule has 0 bridgehead atoms. The highest BCUT2D eigenvalue weighted by Crippen LogP contribution is 2.44. The molecule has 1 aromatic heterocycles. The zero-order valence-corrected chi connectivity index (χ0v) is 32.4. The first-order valence-corrected chi connectivity index (χ1v) is 19.1. The Morgan fingerprint density at radius 2 is 1.40 bits per heavy atom. The number of aromatic nitrogens is 1. The molecule has 52 heavy (non-hydrogen) atoms. The van der Waals surface area contributed by atoms with E-state index in [4.69, 9.17) is 9.98 Å². The average Bonchev–Trinajstić information content (AvgIpc) is 3.54. The molecule has 0 atom stereocenters. The summed E-state index contributed by atoms with van der Waals surface area (Å²) in [6, 6.07) is 41.0. The number of aliphatic imine (C=N–C) groups is 1. The largest absolute Gasteiger partial charge is 0.507 e. The molecule has 1 heterocycles. The SMILES string of the molecule is CC(C)Cc1cccc(-c2cccc(-c3cc(C(C)(C)C)cc4sc(-c5ccc6ccccc6c5N=Cc5cc(C(C)(C)C)ccc5O)nc34)c2)c1. The molecule has 0 saturated heterocycles. The molecule has 7 aromatic rings. The Labute approximate surface area is 312 Å². The van der Waals surface area contributed by atoms with Gasteiger partial charge in [-0.3, -0.25) is 4.99 Å². The normalized spacial score (nSPS) is 12.5. The maximum absolute atomic E-state index is 10.8. The Hall–Kier alpha value is -5.06.